The number of sulfonamides is 1. The zero-order valence-corrected chi connectivity index (χ0v) is 10.8. The molecular formula is C10H14N2O2S2. The average Bonchev–Trinajstić information content (AvgIpc) is 2.17. The van der Waals surface area contributed by atoms with Crippen molar-refractivity contribution in [2.24, 2.45) is 5.73 Å². The summed E-state index contributed by atoms with van der Waals surface area (Å²) in [7, 11) is -0.356. The molecule has 0 fully saturated rings. The molecule has 0 atom stereocenters. The highest BCUT2D eigenvalue weighted by Gasteiger charge is 2.16. The molecule has 0 spiro atoms. The van der Waals surface area contributed by atoms with Gasteiger partial charge >= 0.3 is 0 Å². The predicted octanol–water partition coefficient (Wildman–Crippen LogP) is 0.765. The zero-order valence-electron chi connectivity index (χ0n) is 9.17. The van der Waals surface area contributed by atoms with E-state index in [0.29, 0.717) is 11.4 Å². The molecule has 1 aromatic rings. The molecule has 1 rings (SSSR count). The highest BCUT2D eigenvalue weighted by molar-refractivity contribution is 7.89. The van der Waals surface area contributed by atoms with Crippen LogP contribution in [-0.4, -0.2) is 31.8 Å². The fourth-order valence-corrected chi connectivity index (χ4v) is 2.26. The second-order valence-electron chi connectivity index (χ2n) is 3.57. The minimum atomic E-state index is -3.35. The SMILES string of the molecule is CN(C)S(=O)(=O)c1ccc(CC(N)=S)cc1. The molecule has 0 saturated carbocycles. The summed E-state index contributed by atoms with van der Waals surface area (Å²) in [6.07, 6.45) is 0.484. The number of benzene rings is 1. The van der Waals surface area contributed by atoms with E-state index in [9.17, 15) is 8.42 Å². The third-order valence-electron chi connectivity index (χ3n) is 2.08. The lowest BCUT2D eigenvalue weighted by Crippen LogP contribution is -2.22. The molecule has 0 saturated heterocycles. The van der Waals surface area contributed by atoms with E-state index in [1.165, 1.54) is 18.4 Å². The first-order valence-electron chi connectivity index (χ1n) is 4.64. The van der Waals surface area contributed by atoms with Crippen LogP contribution in [0.1, 0.15) is 5.56 Å². The molecule has 0 amide bonds. The van der Waals surface area contributed by atoms with Crippen molar-refractivity contribution in [3.63, 3.8) is 0 Å². The van der Waals surface area contributed by atoms with Crippen LogP contribution in [0.15, 0.2) is 29.2 Å². The van der Waals surface area contributed by atoms with Crippen molar-refractivity contribution < 1.29 is 8.42 Å². The largest absolute Gasteiger partial charge is 0.393 e. The summed E-state index contributed by atoms with van der Waals surface area (Å²) in [5.74, 6) is 0. The molecule has 2 N–H and O–H groups in total. The van der Waals surface area contributed by atoms with Gasteiger partial charge in [0.15, 0.2) is 0 Å². The molecule has 0 heterocycles. The molecule has 0 radical (unpaired) electrons. The lowest BCUT2D eigenvalue weighted by molar-refractivity contribution is 0.520. The quantitative estimate of drug-likeness (QED) is 0.810. The van der Waals surface area contributed by atoms with E-state index in [4.69, 9.17) is 18.0 Å². The zero-order chi connectivity index (χ0) is 12.3. The fraction of sp³-hybridized carbons (Fsp3) is 0.300. The summed E-state index contributed by atoms with van der Waals surface area (Å²) in [6.45, 7) is 0. The first-order valence-corrected chi connectivity index (χ1v) is 6.48. The van der Waals surface area contributed by atoms with Crippen molar-refractivity contribution in [2.75, 3.05) is 14.1 Å². The molecule has 6 heteroatoms. The Kier molecular flexibility index (Phi) is 4.01. The molecule has 0 unspecified atom stereocenters. The summed E-state index contributed by atoms with van der Waals surface area (Å²) >= 11 is 4.78. The number of hydrogen-bond donors (Lipinski definition) is 1. The molecule has 1 aromatic carbocycles. The summed E-state index contributed by atoms with van der Waals surface area (Å²) in [6, 6.07) is 6.55. The van der Waals surface area contributed by atoms with E-state index < -0.39 is 10.0 Å². The van der Waals surface area contributed by atoms with Crippen LogP contribution in [0.25, 0.3) is 0 Å². The summed E-state index contributed by atoms with van der Waals surface area (Å²) in [5.41, 5.74) is 6.31. The molecule has 0 aromatic heterocycles. The molecular weight excluding hydrogens is 244 g/mol. The Morgan fingerprint density at radius 3 is 2.19 bits per heavy atom. The average molecular weight is 258 g/mol. The number of thiocarbonyl (C=S) groups is 1. The van der Waals surface area contributed by atoms with Crippen LogP contribution < -0.4 is 5.73 Å². The monoisotopic (exact) mass is 258 g/mol. The van der Waals surface area contributed by atoms with Gasteiger partial charge in [0.1, 0.15) is 0 Å². The molecule has 0 aliphatic rings. The van der Waals surface area contributed by atoms with Gasteiger partial charge in [0.2, 0.25) is 10.0 Å². The maximum absolute atomic E-state index is 11.7. The van der Waals surface area contributed by atoms with Crippen molar-refractivity contribution in [3.8, 4) is 0 Å². The normalized spacial score (nSPS) is 11.7. The van der Waals surface area contributed by atoms with Crippen LogP contribution in [0.3, 0.4) is 0 Å². The van der Waals surface area contributed by atoms with Crippen LogP contribution in [0.2, 0.25) is 0 Å². The molecule has 0 bridgehead atoms. The third-order valence-corrected chi connectivity index (χ3v) is 4.05. The van der Waals surface area contributed by atoms with E-state index in [2.05, 4.69) is 0 Å². The molecule has 0 aliphatic heterocycles. The van der Waals surface area contributed by atoms with Gasteiger partial charge in [-0.15, -0.1) is 0 Å². The van der Waals surface area contributed by atoms with Crippen molar-refractivity contribution >= 4 is 27.2 Å². The van der Waals surface area contributed by atoms with Gasteiger partial charge in [0, 0.05) is 20.5 Å². The molecule has 4 nitrogen and oxygen atoms in total. The Balaban J connectivity index is 3.00. The Morgan fingerprint density at radius 2 is 1.81 bits per heavy atom. The Bertz CT molecular complexity index is 478. The molecule has 0 aliphatic carbocycles. The fourth-order valence-electron chi connectivity index (χ4n) is 1.19. The highest BCUT2D eigenvalue weighted by atomic mass is 32.2. The maximum atomic E-state index is 11.7. The van der Waals surface area contributed by atoms with E-state index >= 15 is 0 Å². The van der Waals surface area contributed by atoms with Crippen LogP contribution >= 0.6 is 12.2 Å². The van der Waals surface area contributed by atoms with Crippen LogP contribution in [-0.2, 0) is 16.4 Å². The van der Waals surface area contributed by atoms with Gasteiger partial charge in [-0.1, -0.05) is 24.4 Å². The van der Waals surface area contributed by atoms with Crippen LogP contribution in [0, 0.1) is 0 Å². The van der Waals surface area contributed by atoms with Gasteiger partial charge in [0.05, 0.1) is 9.88 Å². The van der Waals surface area contributed by atoms with E-state index in [-0.39, 0.29) is 4.90 Å². The van der Waals surface area contributed by atoms with Gasteiger partial charge in [-0.3, -0.25) is 0 Å². The van der Waals surface area contributed by atoms with Crippen molar-refractivity contribution in [2.45, 2.75) is 11.3 Å². The van der Waals surface area contributed by atoms with Gasteiger partial charge in [0.25, 0.3) is 0 Å². The summed E-state index contributed by atoms with van der Waals surface area (Å²) < 4.78 is 24.7. The smallest absolute Gasteiger partial charge is 0.242 e. The number of nitrogens with zero attached hydrogens (tertiary/aromatic N) is 1. The van der Waals surface area contributed by atoms with Gasteiger partial charge < -0.3 is 5.73 Å². The predicted molar refractivity (Wildman–Crippen MR) is 67.8 cm³/mol. The maximum Gasteiger partial charge on any atom is 0.242 e. The Hall–Kier alpha value is -0.980. The minimum Gasteiger partial charge on any atom is -0.393 e. The number of nitrogens with two attached hydrogens (primary N) is 1. The topological polar surface area (TPSA) is 63.4 Å². The first kappa shape index (κ1) is 13.1. The van der Waals surface area contributed by atoms with E-state index in [1.807, 2.05) is 0 Å². The third kappa shape index (κ3) is 3.01. The molecule has 16 heavy (non-hydrogen) atoms. The Labute approximate surface area is 101 Å². The number of rotatable bonds is 4. The van der Waals surface area contributed by atoms with Crippen LogP contribution in [0.5, 0.6) is 0 Å². The van der Waals surface area contributed by atoms with Gasteiger partial charge in [-0.25, -0.2) is 12.7 Å². The second kappa shape index (κ2) is 4.90. The van der Waals surface area contributed by atoms with Crippen molar-refractivity contribution in [1.29, 1.82) is 0 Å². The van der Waals surface area contributed by atoms with Crippen molar-refractivity contribution in [1.82, 2.24) is 4.31 Å². The molecule has 88 valence electrons. The highest BCUT2D eigenvalue weighted by Crippen LogP contribution is 2.14. The van der Waals surface area contributed by atoms with E-state index in [1.54, 1.807) is 24.3 Å². The van der Waals surface area contributed by atoms with Crippen molar-refractivity contribution in [3.05, 3.63) is 29.8 Å². The van der Waals surface area contributed by atoms with E-state index in [0.717, 1.165) is 5.56 Å². The van der Waals surface area contributed by atoms with Crippen LogP contribution in [0.4, 0.5) is 0 Å². The standard InChI is InChI=1S/C10H14N2O2S2/c1-12(2)16(13,14)9-5-3-8(4-6-9)7-10(11)15/h3-6H,7H2,1-2H3,(H2,11,15). The summed E-state index contributed by atoms with van der Waals surface area (Å²) in [4.78, 5) is 0.660. The minimum absolute atomic E-state index is 0.268. The van der Waals surface area contributed by atoms with Gasteiger partial charge in [-0.05, 0) is 17.7 Å². The van der Waals surface area contributed by atoms with Gasteiger partial charge in [-0.2, -0.15) is 0 Å². The Morgan fingerprint density at radius 1 is 1.31 bits per heavy atom. The first-order chi connectivity index (χ1) is 7.34. The second-order valence-corrected chi connectivity index (χ2v) is 6.25. The lowest BCUT2D eigenvalue weighted by Gasteiger charge is -2.11. The lowest BCUT2D eigenvalue weighted by atomic mass is 10.1. The summed E-state index contributed by atoms with van der Waals surface area (Å²) in [5, 5.41) is 0. The number of hydrogen-bond acceptors (Lipinski definition) is 3.